The van der Waals surface area contributed by atoms with E-state index in [2.05, 4.69) is 0 Å². The summed E-state index contributed by atoms with van der Waals surface area (Å²) in [5.41, 5.74) is 2.65. The summed E-state index contributed by atoms with van der Waals surface area (Å²) in [5, 5.41) is 0. The fourth-order valence-corrected chi connectivity index (χ4v) is 6.06. The molecular formula is C24H28O5S. The van der Waals surface area contributed by atoms with Gasteiger partial charge in [0, 0.05) is 0 Å². The molecular weight excluding hydrogens is 400 g/mol. The highest BCUT2D eigenvalue weighted by molar-refractivity contribution is 7.85. The van der Waals surface area contributed by atoms with Gasteiger partial charge in [-0.15, -0.1) is 0 Å². The van der Waals surface area contributed by atoms with Crippen LogP contribution < -0.4 is 4.74 Å². The first kappa shape index (κ1) is 21.1. The van der Waals surface area contributed by atoms with Crippen LogP contribution in [0.3, 0.4) is 0 Å². The lowest BCUT2D eigenvalue weighted by Crippen LogP contribution is -2.12. The van der Waals surface area contributed by atoms with Gasteiger partial charge in [0.15, 0.2) is 0 Å². The van der Waals surface area contributed by atoms with E-state index in [-0.39, 0.29) is 10.8 Å². The summed E-state index contributed by atoms with van der Waals surface area (Å²) in [6.45, 7) is 5.29. The maximum atomic E-state index is 12.7. The van der Waals surface area contributed by atoms with E-state index in [1.54, 1.807) is 6.92 Å². The third-order valence-electron chi connectivity index (χ3n) is 6.72. The lowest BCUT2D eigenvalue weighted by Gasteiger charge is -2.22. The van der Waals surface area contributed by atoms with E-state index < -0.39 is 16.1 Å². The van der Waals surface area contributed by atoms with Gasteiger partial charge in [-0.1, -0.05) is 32.4 Å². The Morgan fingerprint density at radius 1 is 1.10 bits per heavy atom. The summed E-state index contributed by atoms with van der Waals surface area (Å²) in [7, 11) is -4.36. The molecule has 0 spiro atoms. The maximum absolute atomic E-state index is 12.7. The number of aryl methyl sites for hydroxylation is 1. The van der Waals surface area contributed by atoms with Gasteiger partial charge in [-0.25, -0.2) is 4.79 Å². The smallest absolute Gasteiger partial charge is 0.343 e. The molecule has 160 valence electrons. The molecule has 5 nitrogen and oxygen atoms in total. The Bertz CT molecular complexity index is 1070. The second kappa shape index (κ2) is 7.82. The summed E-state index contributed by atoms with van der Waals surface area (Å²) >= 11 is 0. The van der Waals surface area contributed by atoms with Crippen molar-refractivity contribution in [2.75, 3.05) is 0 Å². The molecule has 2 fully saturated rings. The van der Waals surface area contributed by atoms with Gasteiger partial charge >= 0.3 is 5.97 Å². The van der Waals surface area contributed by atoms with Crippen molar-refractivity contribution < 1.29 is 22.5 Å². The van der Waals surface area contributed by atoms with Crippen molar-refractivity contribution >= 4 is 16.1 Å². The molecule has 4 rings (SSSR count). The zero-order valence-corrected chi connectivity index (χ0v) is 18.4. The minimum atomic E-state index is -4.36. The maximum Gasteiger partial charge on any atom is 0.343 e. The van der Waals surface area contributed by atoms with Gasteiger partial charge in [0.05, 0.1) is 10.5 Å². The zero-order valence-electron chi connectivity index (χ0n) is 17.6. The van der Waals surface area contributed by atoms with E-state index in [1.807, 2.05) is 38.1 Å². The van der Waals surface area contributed by atoms with E-state index in [9.17, 15) is 17.8 Å². The zero-order chi connectivity index (χ0) is 21.6. The van der Waals surface area contributed by atoms with Crippen LogP contribution in [0.25, 0.3) is 0 Å². The number of rotatable bonds is 5. The Morgan fingerprint density at radius 3 is 2.33 bits per heavy atom. The average Bonchev–Trinajstić information content (AvgIpc) is 3.32. The molecule has 0 heterocycles. The van der Waals surface area contributed by atoms with Crippen LogP contribution in [0.4, 0.5) is 0 Å². The van der Waals surface area contributed by atoms with Crippen molar-refractivity contribution in [3.63, 3.8) is 0 Å². The Hall–Kier alpha value is -2.18. The second-order valence-electron chi connectivity index (χ2n) is 9.08. The highest BCUT2D eigenvalue weighted by Crippen LogP contribution is 2.52. The topological polar surface area (TPSA) is 80.7 Å². The standard InChI is InChI=1S/C24H28O5S/c1-14(2)20-13-22(15(3)10-23(20)30(26,27)28)29-24(25)18-8-6-17(7-9-18)21-12-16-4-5-19(21)11-16/h6-10,13-14,16,19,21H,4-5,11-12H2,1-3H3,(H,26,27,28). The van der Waals surface area contributed by atoms with E-state index in [1.165, 1.54) is 43.4 Å². The molecule has 0 aliphatic heterocycles. The van der Waals surface area contributed by atoms with Gasteiger partial charge in [0.1, 0.15) is 5.75 Å². The summed E-state index contributed by atoms with van der Waals surface area (Å²) < 4.78 is 38.5. The first-order valence-corrected chi connectivity index (χ1v) is 12.0. The van der Waals surface area contributed by atoms with Crippen molar-refractivity contribution in [2.24, 2.45) is 11.8 Å². The van der Waals surface area contributed by atoms with Crippen molar-refractivity contribution in [1.82, 2.24) is 0 Å². The largest absolute Gasteiger partial charge is 0.423 e. The van der Waals surface area contributed by atoms with Crippen molar-refractivity contribution in [3.05, 3.63) is 58.7 Å². The predicted molar refractivity (Wildman–Crippen MR) is 115 cm³/mol. The van der Waals surface area contributed by atoms with E-state index in [0.717, 1.165) is 11.8 Å². The van der Waals surface area contributed by atoms with Gasteiger partial charge in [0.2, 0.25) is 0 Å². The Kier molecular flexibility index (Phi) is 5.49. The molecule has 0 amide bonds. The Balaban J connectivity index is 1.54. The van der Waals surface area contributed by atoms with Crippen LogP contribution in [-0.4, -0.2) is 18.9 Å². The van der Waals surface area contributed by atoms with E-state index in [0.29, 0.717) is 28.4 Å². The van der Waals surface area contributed by atoms with Gasteiger partial charge < -0.3 is 4.74 Å². The summed E-state index contributed by atoms with van der Waals surface area (Å²) in [5.74, 6) is 1.92. The number of hydrogen-bond donors (Lipinski definition) is 1. The lowest BCUT2D eigenvalue weighted by molar-refractivity contribution is 0.0733. The van der Waals surface area contributed by atoms with E-state index in [4.69, 9.17) is 4.74 Å². The molecule has 3 atom stereocenters. The Labute approximate surface area is 178 Å². The van der Waals surface area contributed by atoms with Crippen molar-refractivity contribution in [2.45, 2.75) is 63.2 Å². The van der Waals surface area contributed by atoms with Crippen LogP contribution in [-0.2, 0) is 10.1 Å². The second-order valence-corrected chi connectivity index (χ2v) is 10.5. The fourth-order valence-electron chi connectivity index (χ4n) is 5.14. The minimum Gasteiger partial charge on any atom is -0.423 e. The predicted octanol–water partition coefficient (Wildman–Crippen LogP) is 5.49. The molecule has 2 aliphatic rings. The lowest BCUT2D eigenvalue weighted by atomic mass is 9.83. The number of fused-ring (bicyclic) bond motifs is 2. The summed E-state index contributed by atoms with van der Waals surface area (Å²) in [6.07, 6.45) is 5.27. The molecule has 6 heteroatoms. The van der Waals surface area contributed by atoms with Gasteiger partial charge in [-0.05, 0) is 90.8 Å². The number of ether oxygens (including phenoxy) is 1. The van der Waals surface area contributed by atoms with Crippen LogP contribution in [0.1, 0.15) is 78.4 Å². The number of benzene rings is 2. The average molecular weight is 429 g/mol. The van der Waals surface area contributed by atoms with E-state index >= 15 is 0 Å². The molecule has 2 bridgehead atoms. The van der Waals surface area contributed by atoms with Crippen LogP contribution in [0.15, 0.2) is 41.3 Å². The molecule has 0 aromatic heterocycles. The molecule has 30 heavy (non-hydrogen) atoms. The first-order valence-electron chi connectivity index (χ1n) is 10.6. The summed E-state index contributed by atoms with van der Waals surface area (Å²) in [4.78, 5) is 12.6. The van der Waals surface area contributed by atoms with Crippen LogP contribution in [0.2, 0.25) is 0 Å². The fraction of sp³-hybridized carbons (Fsp3) is 0.458. The molecule has 0 radical (unpaired) electrons. The molecule has 2 aliphatic carbocycles. The number of hydrogen-bond acceptors (Lipinski definition) is 4. The SMILES string of the molecule is Cc1cc(S(=O)(=O)O)c(C(C)C)cc1OC(=O)c1ccc(C2CC3CCC2C3)cc1. The van der Waals surface area contributed by atoms with Crippen molar-refractivity contribution in [3.8, 4) is 5.75 Å². The monoisotopic (exact) mass is 428 g/mol. The van der Waals surface area contributed by atoms with Gasteiger partial charge in [-0.2, -0.15) is 8.42 Å². The third-order valence-corrected chi connectivity index (χ3v) is 7.63. The molecule has 2 aromatic carbocycles. The number of carbonyl (C=O) groups excluding carboxylic acids is 1. The minimum absolute atomic E-state index is 0.148. The molecule has 0 saturated heterocycles. The van der Waals surface area contributed by atoms with Gasteiger partial charge in [0.25, 0.3) is 10.1 Å². The molecule has 2 saturated carbocycles. The highest BCUT2D eigenvalue weighted by Gasteiger charge is 2.40. The van der Waals surface area contributed by atoms with Crippen LogP contribution in [0, 0.1) is 18.8 Å². The molecule has 3 unspecified atom stereocenters. The number of esters is 1. The Morgan fingerprint density at radius 2 is 1.80 bits per heavy atom. The third kappa shape index (κ3) is 4.03. The summed E-state index contributed by atoms with van der Waals surface area (Å²) in [6, 6.07) is 10.6. The first-order chi connectivity index (χ1) is 14.1. The number of carbonyl (C=O) groups is 1. The quantitative estimate of drug-likeness (QED) is 0.387. The van der Waals surface area contributed by atoms with Crippen molar-refractivity contribution in [1.29, 1.82) is 0 Å². The van der Waals surface area contributed by atoms with Crippen LogP contribution >= 0.6 is 0 Å². The van der Waals surface area contributed by atoms with Crippen LogP contribution in [0.5, 0.6) is 5.75 Å². The van der Waals surface area contributed by atoms with Gasteiger partial charge in [-0.3, -0.25) is 4.55 Å². The molecule has 1 N–H and O–H groups in total. The highest BCUT2D eigenvalue weighted by atomic mass is 32.2. The molecule has 2 aromatic rings. The normalized spacial score (nSPS) is 23.2.